The predicted octanol–water partition coefficient (Wildman–Crippen LogP) is 2.34. The fourth-order valence-electron chi connectivity index (χ4n) is 2.45. The number of ether oxygens (including phenoxy) is 1. The molecule has 0 spiro atoms. The maximum Gasteiger partial charge on any atom is 0.248 e. The fourth-order valence-corrected chi connectivity index (χ4v) is 2.45. The Labute approximate surface area is 139 Å². The van der Waals surface area contributed by atoms with E-state index in [0.29, 0.717) is 18.1 Å². The van der Waals surface area contributed by atoms with Crippen molar-refractivity contribution in [2.75, 3.05) is 13.7 Å². The second kappa shape index (κ2) is 6.84. The van der Waals surface area contributed by atoms with Crippen molar-refractivity contribution >= 4 is 16.9 Å². The molecule has 126 valence electrons. The van der Waals surface area contributed by atoms with Gasteiger partial charge < -0.3 is 19.1 Å². The van der Waals surface area contributed by atoms with E-state index in [4.69, 9.17) is 9.26 Å². The number of rotatable bonds is 6. The van der Waals surface area contributed by atoms with Crippen LogP contribution >= 0.6 is 0 Å². The molecule has 1 aromatic carbocycles. The van der Waals surface area contributed by atoms with Crippen LogP contribution in [-0.4, -0.2) is 39.6 Å². The van der Waals surface area contributed by atoms with Crippen LogP contribution in [0.2, 0.25) is 0 Å². The number of hydrogen-bond acceptors (Lipinski definition) is 5. The average molecular weight is 328 g/mol. The maximum absolute atomic E-state index is 12.1. The molecular weight excluding hydrogens is 308 g/mol. The van der Waals surface area contributed by atoms with Crippen molar-refractivity contribution in [3.63, 3.8) is 0 Å². The molecule has 0 saturated carbocycles. The number of aromatic nitrogens is 3. The summed E-state index contributed by atoms with van der Waals surface area (Å²) < 4.78 is 10.6. The van der Waals surface area contributed by atoms with Crippen LogP contribution < -0.4 is 0 Å². The van der Waals surface area contributed by atoms with Crippen molar-refractivity contribution in [2.45, 2.75) is 27.0 Å². The molecule has 0 radical (unpaired) electrons. The first-order chi connectivity index (χ1) is 11.5. The molecule has 24 heavy (non-hydrogen) atoms. The molecule has 0 bridgehead atoms. The Bertz CT molecular complexity index is 853. The third-order valence-corrected chi connectivity index (χ3v) is 3.72. The lowest BCUT2D eigenvalue weighted by Gasteiger charge is -2.14. The standard InChI is InChI=1S/C17H20N4O3/c1-11-5-4-6-14-17(11)19-15(18-14)9-23-10-16(22)21(3)8-13-7-12(2)20-24-13/h4-7H,8-10H2,1-3H3,(H,18,19). The zero-order chi connectivity index (χ0) is 17.1. The maximum atomic E-state index is 12.1. The van der Waals surface area contributed by atoms with E-state index in [0.717, 1.165) is 22.3 Å². The highest BCUT2D eigenvalue weighted by Gasteiger charge is 2.13. The van der Waals surface area contributed by atoms with Gasteiger partial charge in [0.15, 0.2) is 5.76 Å². The molecule has 3 aromatic rings. The monoisotopic (exact) mass is 328 g/mol. The SMILES string of the molecule is Cc1cc(CN(C)C(=O)COCc2nc3c(C)cccc3[nH]2)on1. The number of carbonyl (C=O) groups excluding carboxylic acids is 1. The second-order valence-corrected chi connectivity index (χ2v) is 5.83. The Morgan fingerprint density at radius 2 is 2.21 bits per heavy atom. The summed E-state index contributed by atoms with van der Waals surface area (Å²) in [6.07, 6.45) is 0. The number of H-pyrrole nitrogens is 1. The number of aryl methyl sites for hydroxylation is 2. The first kappa shape index (κ1) is 16.2. The van der Waals surface area contributed by atoms with E-state index in [9.17, 15) is 4.79 Å². The van der Waals surface area contributed by atoms with Gasteiger partial charge in [-0.2, -0.15) is 0 Å². The number of benzene rings is 1. The summed E-state index contributed by atoms with van der Waals surface area (Å²) >= 11 is 0. The number of nitrogens with zero attached hydrogens (tertiary/aromatic N) is 3. The molecule has 0 fully saturated rings. The van der Waals surface area contributed by atoms with Crippen molar-refractivity contribution in [3.05, 3.63) is 47.1 Å². The predicted molar refractivity (Wildman–Crippen MR) is 88.2 cm³/mol. The van der Waals surface area contributed by atoms with Crippen LogP contribution in [-0.2, 0) is 22.7 Å². The van der Waals surface area contributed by atoms with Crippen LogP contribution in [0, 0.1) is 13.8 Å². The Kier molecular flexibility index (Phi) is 4.61. The third kappa shape index (κ3) is 3.62. The number of carbonyl (C=O) groups is 1. The minimum absolute atomic E-state index is 0.0142. The van der Waals surface area contributed by atoms with Crippen molar-refractivity contribution in [1.29, 1.82) is 0 Å². The minimum atomic E-state index is -0.128. The molecule has 2 heterocycles. The van der Waals surface area contributed by atoms with Gasteiger partial charge in [0.05, 0.1) is 23.3 Å². The van der Waals surface area contributed by atoms with Crippen molar-refractivity contribution in [1.82, 2.24) is 20.0 Å². The van der Waals surface area contributed by atoms with Gasteiger partial charge in [-0.15, -0.1) is 0 Å². The molecule has 7 nitrogen and oxygen atoms in total. The number of fused-ring (bicyclic) bond motifs is 1. The molecule has 0 saturated heterocycles. The van der Waals surface area contributed by atoms with Gasteiger partial charge in [-0.25, -0.2) is 4.98 Å². The van der Waals surface area contributed by atoms with Crippen molar-refractivity contribution in [2.24, 2.45) is 0 Å². The zero-order valence-corrected chi connectivity index (χ0v) is 14.0. The number of nitrogens with one attached hydrogen (secondary N) is 1. The van der Waals surface area contributed by atoms with Crippen LogP contribution in [0.4, 0.5) is 0 Å². The van der Waals surface area contributed by atoms with Gasteiger partial charge in [0.1, 0.15) is 19.0 Å². The second-order valence-electron chi connectivity index (χ2n) is 5.83. The normalized spacial score (nSPS) is 11.1. The van der Waals surface area contributed by atoms with E-state index in [-0.39, 0.29) is 19.1 Å². The summed E-state index contributed by atoms with van der Waals surface area (Å²) in [5.41, 5.74) is 3.80. The molecule has 1 amide bonds. The van der Waals surface area contributed by atoms with E-state index in [1.165, 1.54) is 0 Å². The summed E-state index contributed by atoms with van der Waals surface area (Å²) in [4.78, 5) is 21.3. The molecule has 0 atom stereocenters. The molecule has 0 aliphatic heterocycles. The Hall–Kier alpha value is -2.67. The van der Waals surface area contributed by atoms with E-state index < -0.39 is 0 Å². The zero-order valence-electron chi connectivity index (χ0n) is 14.0. The smallest absolute Gasteiger partial charge is 0.248 e. The summed E-state index contributed by atoms with van der Waals surface area (Å²) in [7, 11) is 1.70. The number of amides is 1. The van der Waals surface area contributed by atoms with Gasteiger partial charge in [-0.1, -0.05) is 17.3 Å². The highest BCUT2D eigenvalue weighted by Crippen LogP contribution is 2.15. The molecular formula is C17H20N4O3. The van der Waals surface area contributed by atoms with E-state index in [2.05, 4.69) is 15.1 Å². The molecule has 1 N–H and O–H groups in total. The van der Waals surface area contributed by atoms with Gasteiger partial charge in [0, 0.05) is 13.1 Å². The third-order valence-electron chi connectivity index (χ3n) is 3.72. The number of imidazole rings is 1. The highest BCUT2D eigenvalue weighted by atomic mass is 16.5. The number of hydrogen-bond donors (Lipinski definition) is 1. The van der Waals surface area contributed by atoms with Crippen molar-refractivity contribution in [3.8, 4) is 0 Å². The first-order valence-electron chi connectivity index (χ1n) is 7.71. The molecule has 2 aromatic heterocycles. The molecule has 0 unspecified atom stereocenters. The van der Waals surface area contributed by atoms with Crippen LogP contribution in [0.25, 0.3) is 11.0 Å². The molecule has 3 rings (SSSR count). The van der Waals surface area contributed by atoms with Gasteiger partial charge in [0.25, 0.3) is 0 Å². The Morgan fingerprint density at radius 3 is 2.92 bits per heavy atom. The van der Waals surface area contributed by atoms with Crippen LogP contribution in [0.15, 0.2) is 28.8 Å². The fraction of sp³-hybridized carbons (Fsp3) is 0.353. The Balaban J connectivity index is 1.51. The summed E-state index contributed by atoms with van der Waals surface area (Å²) in [6, 6.07) is 7.76. The lowest BCUT2D eigenvalue weighted by molar-refractivity contribution is -0.136. The summed E-state index contributed by atoms with van der Waals surface area (Å²) in [5, 5.41) is 3.80. The van der Waals surface area contributed by atoms with Gasteiger partial charge in [-0.3, -0.25) is 4.79 Å². The molecule has 0 aliphatic carbocycles. The van der Waals surface area contributed by atoms with Crippen molar-refractivity contribution < 1.29 is 14.1 Å². The molecule has 0 aliphatic rings. The lowest BCUT2D eigenvalue weighted by Crippen LogP contribution is -2.29. The quantitative estimate of drug-likeness (QED) is 0.751. The Morgan fingerprint density at radius 1 is 1.38 bits per heavy atom. The van der Waals surface area contributed by atoms with Crippen LogP contribution in [0.3, 0.4) is 0 Å². The van der Waals surface area contributed by atoms with E-state index in [1.54, 1.807) is 18.0 Å². The van der Waals surface area contributed by atoms with E-state index in [1.807, 2.05) is 32.0 Å². The first-order valence-corrected chi connectivity index (χ1v) is 7.71. The topological polar surface area (TPSA) is 84.3 Å². The number of aromatic amines is 1. The average Bonchev–Trinajstić information content (AvgIpc) is 3.14. The van der Waals surface area contributed by atoms with Gasteiger partial charge in [0.2, 0.25) is 5.91 Å². The number of para-hydroxylation sites is 1. The van der Waals surface area contributed by atoms with Gasteiger partial charge >= 0.3 is 0 Å². The van der Waals surface area contributed by atoms with E-state index >= 15 is 0 Å². The summed E-state index contributed by atoms with van der Waals surface area (Å²) in [6.45, 7) is 4.46. The largest absolute Gasteiger partial charge is 0.364 e. The number of likely N-dealkylation sites (N-methyl/N-ethyl adjacent to an activating group) is 1. The summed E-state index contributed by atoms with van der Waals surface area (Å²) in [5.74, 6) is 1.23. The van der Waals surface area contributed by atoms with Gasteiger partial charge in [-0.05, 0) is 25.5 Å². The highest BCUT2D eigenvalue weighted by molar-refractivity contribution is 5.78. The lowest BCUT2D eigenvalue weighted by atomic mass is 10.2. The van der Waals surface area contributed by atoms with Crippen LogP contribution in [0.5, 0.6) is 0 Å². The minimum Gasteiger partial charge on any atom is -0.364 e. The molecule has 7 heteroatoms. The van der Waals surface area contributed by atoms with Crippen LogP contribution in [0.1, 0.15) is 22.8 Å².